The molecule has 1 heterocycles. The van der Waals surface area contributed by atoms with Crippen LogP contribution in [-0.2, 0) is 9.59 Å². The van der Waals surface area contributed by atoms with Gasteiger partial charge in [-0.15, -0.1) is 0 Å². The Morgan fingerprint density at radius 1 is 1.47 bits per heavy atom. The van der Waals surface area contributed by atoms with Gasteiger partial charge in [0.05, 0.1) is 0 Å². The Morgan fingerprint density at radius 3 is 3.00 bits per heavy atom. The number of nitrogens with zero attached hydrogens (tertiary/aromatic N) is 1. The third kappa shape index (κ3) is 4.93. The van der Waals surface area contributed by atoms with Crippen LogP contribution >= 0.6 is 0 Å². The van der Waals surface area contributed by atoms with Crippen molar-refractivity contribution in [2.45, 2.75) is 32.6 Å². The second-order valence-electron chi connectivity index (χ2n) is 3.94. The lowest BCUT2D eigenvalue weighted by molar-refractivity contribution is -0.121. The zero-order valence-electron chi connectivity index (χ0n) is 9.42. The Balaban J connectivity index is 2.15. The van der Waals surface area contributed by atoms with E-state index in [1.54, 1.807) is 0 Å². The second-order valence-corrected chi connectivity index (χ2v) is 3.94. The number of hydrogen-bond acceptors (Lipinski definition) is 3. The fourth-order valence-corrected chi connectivity index (χ4v) is 1.71. The number of ketones is 1. The summed E-state index contributed by atoms with van der Waals surface area (Å²) in [5, 5.41) is 2.84. The van der Waals surface area contributed by atoms with Crippen LogP contribution in [-0.4, -0.2) is 42.8 Å². The molecule has 0 aromatic heterocycles. The van der Waals surface area contributed by atoms with Gasteiger partial charge in [0.25, 0.3) is 0 Å². The summed E-state index contributed by atoms with van der Waals surface area (Å²) >= 11 is 0. The van der Waals surface area contributed by atoms with Crippen LogP contribution in [0.3, 0.4) is 0 Å². The van der Waals surface area contributed by atoms with Crippen molar-refractivity contribution in [3.05, 3.63) is 0 Å². The summed E-state index contributed by atoms with van der Waals surface area (Å²) in [6.07, 6.45) is 2.82. The maximum absolute atomic E-state index is 11.1. The molecule has 0 atom stereocenters. The summed E-state index contributed by atoms with van der Waals surface area (Å²) in [4.78, 5) is 24.4. The van der Waals surface area contributed by atoms with Gasteiger partial charge in [-0.3, -0.25) is 9.59 Å². The third-order valence-electron chi connectivity index (χ3n) is 2.73. The number of hydrogen-bond donors (Lipinski definition) is 1. The van der Waals surface area contributed by atoms with Crippen molar-refractivity contribution in [2.75, 3.05) is 26.2 Å². The number of rotatable bonds is 5. The third-order valence-corrected chi connectivity index (χ3v) is 2.73. The molecule has 1 rings (SSSR count). The van der Waals surface area contributed by atoms with E-state index < -0.39 is 0 Å². The van der Waals surface area contributed by atoms with Crippen molar-refractivity contribution >= 4 is 11.7 Å². The normalized spacial score (nSPS) is 18.3. The summed E-state index contributed by atoms with van der Waals surface area (Å²) in [6.45, 7) is 5.30. The molecular weight excluding hydrogens is 192 g/mol. The standard InChI is InChI=1S/C11H20N2O2/c1-2-10(14)4-3-7-13-8-5-11(15)12-6-9-13/h2-9H2,1H3,(H,12,15). The topological polar surface area (TPSA) is 49.4 Å². The predicted octanol–water partition coefficient (Wildman–Crippen LogP) is 0.568. The highest BCUT2D eigenvalue weighted by atomic mass is 16.1. The van der Waals surface area contributed by atoms with Gasteiger partial charge in [0.2, 0.25) is 5.91 Å². The van der Waals surface area contributed by atoms with Crippen molar-refractivity contribution in [1.82, 2.24) is 10.2 Å². The fraction of sp³-hybridized carbons (Fsp3) is 0.818. The summed E-state index contributed by atoms with van der Waals surface area (Å²) in [5.41, 5.74) is 0. The molecule has 0 aromatic carbocycles. The molecule has 1 fully saturated rings. The fourth-order valence-electron chi connectivity index (χ4n) is 1.71. The number of amides is 1. The van der Waals surface area contributed by atoms with Gasteiger partial charge in [-0.05, 0) is 13.0 Å². The van der Waals surface area contributed by atoms with Gasteiger partial charge in [0.15, 0.2) is 0 Å². The van der Waals surface area contributed by atoms with Crippen LogP contribution in [0, 0.1) is 0 Å². The SMILES string of the molecule is CCC(=O)CCCN1CCNC(=O)CC1. The van der Waals surface area contributed by atoms with Gasteiger partial charge in [-0.2, -0.15) is 0 Å². The Labute approximate surface area is 91.0 Å². The van der Waals surface area contributed by atoms with Crippen molar-refractivity contribution in [2.24, 2.45) is 0 Å². The van der Waals surface area contributed by atoms with Gasteiger partial charge in [0, 0.05) is 38.9 Å². The lowest BCUT2D eigenvalue weighted by Gasteiger charge is -2.18. The molecule has 0 unspecified atom stereocenters. The first kappa shape index (κ1) is 12.2. The average molecular weight is 212 g/mol. The predicted molar refractivity (Wildman–Crippen MR) is 58.6 cm³/mol. The van der Waals surface area contributed by atoms with E-state index in [0.717, 1.165) is 32.6 Å². The van der Waals surface area contributed by atoms with Crippen LogP contribution in [0.4, 0.5) is 0 Å². The molecule has 1 aliphatic rings. The highest BCUT2D eigenvalue weighted by Gasteiger charge is 2.12. The molecule has 0 spiro atoms. The quantitative estimate of drug-likeness (QED) is 0.724. The van der Waals surface area contributed by atoms with Gasteiger partial charge >= 0.3 is 0 Å². The molecule has 0 aliphatic carbocycles. The van der Waals surface area contributed by atoms with E-state index >= 15 is 0 Å². The van der Waals surface area contributed by atoms with Gasteiger partial charge in [0.1, 0.15) is 5.78 Å². The Kier molecular flexibility index (Phi) is 5.32. The molecule has 0 saturated carbocycles. The highest BCUT2D eigenvalue weighted by Crippen LogP contribution is 2.01. The maximum atomic E-state index is 11.1. The molecule has 86 valence electrons. The first-order chi connectivity index (χ1) is 7.22. The molecule has 4 nitrogen and oxygen atoms in total. The van der Waals surface area contributed by atoms with Crippen LogP contribution in [0.25, 0.3) is 0 Å². The second kappa shape index (κ2) is 6.56. The zero-order valence-corrected chi connectivity index (χ0v) is 9.42. The van der Waals surface area contributed by atoms with E-state index in [1.807, 2.05) is 6.92 Å². The van der Waals surface area contributed by atoms with Crippen molar-refractivity contribution in [3.63, 3.8) is 0 Å². The first-order valence-corrected chi connectivity index (χ1v) is 5.73. The first-order valence-electron chi connectivity index (χ1n) is 5.73. The molecule has 1 aliphatic heterocycles. The summed E-state index contributed by atoms with van der Waals surface area (Å²) in [7, 11) is 0. The summed E-state index contributed by atoms with van der Waals surface area (Å²) < 4.78 is 0. The van der Waals surface area contributed by atoms with Gasteiger partial charge < -0.3 is 10.2 Å². The molecule has 0 aromatic rings. The Hall–Kier alpha value is -0.900. The average Bonchev–Trinajstić information content (AvgIpc) is 2.43. The van der Waals surface area contributed by atoms with E-state index in [2.05, 4.69) is 10.2 Å². The van der Waals surface area contributed by atoms with Crippen LogP contribution in [0.1, 0.15) is 32.6 Å². The van der Waals surface area contributed by atoms with Crippen molar-refractivity contribution in [1.29, 1.82) is 0 Å². The number of carbonyl (C=O) groups excluding carboxylic acids is 2. The van der Waals surface area contributed by atoms with Crippen LogP contribution < -0.4 is 5.32 Å². The van der Waals surface area contributed by atoms with Crippen LogP contribution in [0.5, 0.6) is 0 Å². The lowest BCUT2D eigenvalue weighted by atomic mass is 10.2. The van der Waals surface area contributed by atoms with Crippen LogP contribution in [0.2, 0.25) is 0 Å². The molecule has 1 saturated heterocycles. The molecule has 0 bridgehead atoms. The summed E-state index contributed by atoms with van der Waals surface area (Å²) in [6, 6.07) is 0. The number of nitrogens with one attached hydrogen (secondary N) is 1. The van der Waals surface area contributed by atoms with E-state index in [9.17, 15) is 9.59 Å². The van der Waals surface area contributed by atoms with Crippen molar-refractivity contribution in [3.8, 4) is 0 Å². The minimum Gasteiger partial charge on any atom is -0.355 e. The van der Waals surface area contributed by atoms with E-state index in [0.29, 0.717) is 25.0 Å². The van der Waals surface area contributed by atoms with Crippen molar-refractivity contribution < 1.29 is 9.59 Å². The minimum atomic E-state index is 0.141. The zero-order chi connectivity index (χ0) is 11.1. The summed E-state index contributed by atoms with van der Waals surface area (Å²) in [5.74, 6) is 0.473. The largest absolute Gasteiger partial charge is 0.355 e. The maximum Gasteiger partial charge on any atom is 0.221 e. The smallest absolute Gasteiger partial charge is 0.221 e. The van der Waals surface area contributed by atoms with E-state index in [-0.39, 0.29) is 5.91 Å². The molecule has 4 heteroatoms. The van der Waals surface area contributed by atoms with E-state index in [4.69, 9.17) is 0 Å². The molecule has 1 N–H and O–H groups in total. The number of carbonyl (C=O) groups is 2. The van der Waals surface area contributed by atoms with Crippen LogP contribution in [0.15, 0.2) is 0 Å². The molecule has 15 heavy (non-hydrogen) atoms. The number of Topliss-reactive ketones (excluding diaryl/α,β-unsaturated/α-hetero) is 1. The van der Waals surface area contributed by atoms with E-state index in [1.165, 1.54) is 0 Å². The minimum absolute atomic E-state index is 0.141. The van der Waals surface area contributed by atoms with Gasteiger partial charge in [-0.25, -0.2) is 0 Å². The molecule has 0 radical (unpaired) electrons. The Morgan fingerprint density at radius 2 is 2.27 bits per heavy atom. The monoisotopic (exact) mass is 212 g/mol. The molecular formula is C11H20N2O2. The van der Waals surface area contributed by atoms with Gasteiger partial charge in [-0.1, -0.05) is 6.92 Å². The molecule has 1 amide bonds. The lowest BCUT2D eigenvalue weighted by Crippen LogP contribution is -2.29. The Bertz CT molecular complexity index is 229. The highest BCUT2D eigenvalue weighted by molar-refractivity contribution is 5.78.